The summed E-state index contributed by atoms with van der Waals surface area (Å²) in [6, 6.07) is 11.9. The number of halogens is 2. The Balaban J connectivity index is 2.32. The Morgan fingerprint density at radius 2 is 1.68 bits per heavy atom. The van der Waals surface area contributed by atoms with Crippen LogP contribution in [-0.4, -0.2) is 6.61 Å². The van der Waals surface area contributed by atoms with Gasteiger partial charge < -0.3 is 4.74 Å². The van der Waals surface area contributed by atoms with E-state index in [-0.39, 0.29) is 17.9 Å². The minimum Gasteiger partial charge on any atom is -0.491 e. The zero-order valence-corrected chi connectivity index (χ0v) is 10.4. The van der Waals surface area contributed by atoms with E-state index in [4.69, 9.17) is 4.74 Å². The van der Waals surface area contributed by atoms with Crippen LogP contribution in [0.3, 0.4) is 0 Å². The van der Waals surface area contributed by atoms with Crippen molar-refractivity contribution in [2.75, 3.05) is 6.61 Å². The molecule has 0 atom stereocenters. The van der Waals surface area contributed by atoms with Gasteiger partial charge in [-0.25, -0.2) is 4.39 Å². The van der Waals surface area contributed by atoms with Crippen LogP contribution in [0.25, 0.3) is 0 Å². The largest absolute Gasteiger partial charge is 0.491 e. The highest BCUT2D eigenvalue weighted by Crippen LogP contribution is 2.22. The summed E-state index contributed by atoms with van der Waals surface area (Å²) in [5.41, 5.74) is 0.765. The minimum absolute atomic E-state index is 0.0183. The molecule has 0 N–H and O–H groups in total. The summed E-state index contributed by atoms with van der Waals surface area (Å²) in [5.74, 6) is 3.33. The molecule has 0 amide bonds. The van der Waals surface area contributed by atoms with Gasteiger partial charge in [-0.15, -0.1) is 0 Å². The fourth-order valence-corrected chi connectivity index (χ4v) is 1.56. The van der Waals surface area contributed by atoms with Crippen LogP contribution in [0.2, 0.25) is 0 Å². The first-order valence-electron chi connectivity index (χ1n) is 5.90. The molecule has 3 heteroatoms. The molecule has 2 aromatic carbocycles. The van der Waals surface area contributed by atoms with Gasteiger partial charge in [-0.3, -0.25) is 0 Å². The van der Waals surface area contributed by atoms with Gasteiger partial charge >= 0.3 is 0 Å². The molecule has 2 aromatic rings. The van der Waals surface area contributed by atoms with E-state index in [0.29, 0.717) is 0 Å². The zero-order chi connectivity index (χ0) is 13.7. The first-order valence-corrected chi connectivity index (χ1v) is 5.90. The Kier molecular flexibility index (Phi) is 4.15. The second-order valence-electron chi connectivity index (χ2n) is 3.79. The van der Waals surface area contributed by atoms with Gasteiger partial charge in [-0.2, -0.15) is 4.39 Å². The fraction of sp³-hybridized carbons (Fsp3) is 0.125. The maximum atomic E-state index is 13.7. The van der Waals surface area contributed by atoms with E-state index in [1.165, 1.54) is 12.1 Å². The quantitative estimate of drug-likeness (QED) is 0.745. The third kappa shape index (κ3) is 3.11. The van der Waals surface area contributed by atoms with E-state index < -0.39 is 11.6 Å². The van der Waals surface area contributed by atoms with E-state index >= 15 is 0 Å². The lowest BCUT2D eigenvalue weighted by atomic mass is 10.1. The second-order valence-corrected chi connectivity index (χ2v) is 3.79. The Morgan fingerprint density at radius 1 is 0.947 bits per heavy atom. The summed E-state index contributed by atoms with van der Waals surface area (Å²) in [6.45, 7) is 1.99. The van der Waals surface area contributed by atoms with Crippen molar-refractivity contribution in [3.63, 3.8) is 0 Å². The maximum absolute atomic E-state index is 13.7. The fourth-order valence-electron chi connectivity index (χ4n) is 1.56. The summed E-state index contributed by atoms with van der Waals surface area (Å²) < 4.78 is 32.3. The third-order valence-corrected chi connectivity index (χ3v) is 2.46. The van der Waals surface area contributed by atoms with Crippen LogP contribution in [0.1, 0.15) is 18.1 Å². The Bertz CT molecular complexity index is 624. The summed E-state index contributed by atoms with van der Waals surface area (Å²) >= 11 is 0. The summed E-state index contributed by atoms with van der Waals surface area (Å²) in [4.78, 5) is 0. The van der Waals surface area contributed by atoms with Gasteiger partial charge in [0.15, 0.2) is 11.6 Å². The smallest absolute Gasteiger partial charge is 0.201 e. The molecule has 0 heterocycles. The lowest BCUT2D eigenvalue weighted by Crippen LogP contribution is -1.98. The van der Waals surface area contributed by atoms with Gasteiger partial charge in [0, 0.05) is 5.56 Å². The van der Waals surface area contributed by atoms with Crippen LogP contribution >= 0.6 is 0 Å². The van der Waals surface area contributed by atoms with Crippen LogP contribution in [0.4, 0.5) is 8.78 Å². The van der Waals surface area contributed by atoms with Crippen molar-refractivity contribution in [1.82, 2.24) is 0 Å². The highest BCUT2D eigenvalue weighted by molar-refractivity contribution is 5.45. The molecule has 0 saturated carbocycles. The minimum atomic E-state index is -0.998. The van der Waals surface area contributed by atoms with Crippen LogP contribution in [0.5, 0.6) is 5.75 Å². The van der Waals surface area contributed by atoms with Crippen molar-refractivity contribution >= 4 is 0 Å². The van der Waals surface area contributed by atoms with Gasteiger partial charge in [0.1, 0.15) is 0 Å². The average Bonchev–Trinajstić information content (AvgIpc) is 2.44. The van der Waals surface area contributed by atoms with E-state index in [1.54, 1.807) is 19.1 Å². The first-order chi connectivity index (χ1) is 9.22. The average molecular weight is 258 g/mol. The van der Waals surface area contributed by atoms with Crippen LogP contribution in [0, 0.1) is 23.5 Å². The van der Waals surface area contributed by atoms with E-state index in [2.05, 4.69) is 11.8 Å². The first kappa shape index (κ1) is 13.1. The van der Waals surface area contributed by atoms with Gasteiger partial charge in [0.25, 0.3) is 0 Å². The predicted octanol–water partition coefficient (Wildman–Crippen LogP) is 3.76. The number of hydrogen-bond acceptors (Lipinski definition) is 1. The highest BCUT2D eigenvalue weighted by Gasteiger charge is 2.12. The number of benzene rings is 2. The number of hydrogen-bond donors (Lipinski definition) is 0. The molecule has 0 radical (unpaired) electrons. The van der Waals surface area contributed by atoms with Gasteiger partial charge in [-0.1, -0.05) is 30.0 Å². The Labute approximate surface area is 110 Å². The van der Waals surface area contributed by atoms with Crippen molar-refractivity contribution in [3.05, 3.63) is 65.2 Å². The molecule has 2 rings (SSSR count). The zero-order valence-electron chi connectivity index (χ0n) is 10.4. The van der Waals surface area contributed by atoms with Crippen LogP contribution in [-0.2, 0) is 0 Å². The molecule has 0 unspecified atom stereocenters. The van der Waals surface area contributed by atoms with Crippen molar-refractivity contribution in [1.29, 1.82) is 0 Å². The molecule has 0 fully saturated rings. The van der Waals surface area contributed by atoms with E-state index in [0.717, 1.165) is 5.56 Å². The maximum Gasteiger partial charge on any atom is 0.201 e. The lowest BCUT2D eigenvalue weighted by Gasteiger charge is -2.05. The molecule has 0 aliphatic heterocycles. The molecule has 0 bridgehead atoms. The number of ether oxygens (including phenoxy) is 1. The van der Waals surface area contributed by atoms with Crippen LogP contribution in [0.15, 0.2) is 42.5 Å². The SMILES string of the molecule is CCOc1ccc(C#Cc2ccccc2)c(F)c1F. The lowest BCUT2D eigenvalue weighted by molar-refractivity contribution is 0.314. The molecular formula is C16H12F2O. The van der Waals surface area contributed by atoms with Gasteiger partial charge in [-0.05, 0) is 31.2 Å². The number of rotatable bonds is 2. The van der Waals surface area contributed by atoms with Crippen LogP contribution < -0.4 is 4.74 Å². The normalized spacial score (nSPS) is 9.63. The third-order valence-electron chi connectivity index (χ3n) is 2.46. The molecule has 1 nitrogen and oxygen atoms in total. The summed E-state index contributed by atoms with van der Waals surface area (Å²) in [6.07, 6.45) is 0. The van der Waals surface area contributed by atoms with Gasteiger partial charge in [0.2, 0.25) is 5.82 Å². The molecule has 96 valence electrons. The molecular weight excluding hydrogens is 246 g/mol. The monoisotopic (exact) mass is 258 g/mol. The Hall–Kier alpha value is -2.34. The topological polar surface area (TPSA) is 9.23 Å². The molecule has 0 aliphatic carbocycles. The standard InChI is InChI=1S/C16H12F2O/c1-2-19-14-11-10-13(15(17)16(14)18)9-8-12-6-4-3-5-7-12/h3-7,10-11H,2H2,1H3. The molecule has 0 aliphatic rings. The predicted molar refractivity (Wildman–Crippen MR) is 69.9 cm³/mol. The van der Waals surface area contributed by atoms with E-state index in [9.17, 15) is 8.78 Å². The van der Waals surface area contributed by atoms with E-state index in [1.807, 2.05) is 18.2 Å². The summed E-state index contributed by atoms with van der Waals surface area (Å²) in [5, 5.41) is 0. The summed E-state index contributed by atoms with van der Waals surface area (Å²) in [7, 11) is 0. The Morgan fingerprint density at radius 3 is 2.37 bits per heavy atom. The van der Waals surface area contributed by atoms with Gasteiger partial charge in [0.05, 0.1) is 12.2 Å². The molecule has 0 saturated heterocycles. The van der Waals surface area contributed by atoms with Crippen molar-refractivity contribution in [2.45, 2.75) is 6.92 Å². The highest BCUT2D eigenvalue weighted by atomic mass is 19.2. The van der Waals surface area contributed by atoms with Crippen molar-refractivity contribution in [3.8, 4) is 17.6 Å². The molecule has 0 spiro atoms. The second kappa shape index (κ2) is 6.01. The van der Waals surface area contributed by atoms with Crippen molar-refractivity contribution in [2.24, 2.45) is 0 Å². The van der Waals surface area contributed by atoms with Crippen molar-refractivity contribution < 1.29 is 13.5 Å². The molecule has 0 aromatic heterocycles. The molecule has 19 heavy (non-hydrogen) atoms.